The Hall–Kier alpha value is -3.96. The number of nitrogens with zero attached hydrogens (tertiary/aromatic N) is 1. The molecular formula is C25H18BrFN2O4. The van der Waals surface area contributed by atoms with E-state index < -0.39 is 11.9 Å². The topological polar surface area (TPSA) is 88.4 Å². The second kappa shape index (κ2) is 11.1. The highest BCUT2D eigenvalue weighted by atomic mass is 79.9. The van der Waals surface area contributed by atoms with E-state index in [9.17, 15) is 19.2 Å². The lowest BCUT2D eigenvalue weighted by atomic mass is 10.1. The molecule has 0 spiro atoms. The number of nitriles is 1. The first-order valence-corrected chi connectivity index (χ1v) is 10.5. The highest BCUT2D eigenvalue weighted by Crippen LogP contribution is 2.28. The molecule has 3 aromatic rings. The molecule has 0 aliphatic carbocycles. The fraction of sp³-hybridized carbons (Fsp3) is 0.0800. The molecule has 8 heteroatoms. The van der Waals surface area contributed by atoms with Gasteiger partial charge in [0.15, 0.2) is 0 Å². The van der Waals surface area contributed by atoms with Crippen molar-refractivity contribution in [1.82, 2.24) is 0 Å². The number of carbonyl (C=O) groups excluding carboxylic acids is 2. The molecule has 0 radical (unpaired) electrons. The Morgan fingerprint density at radius 2 is 1.79 bits per heavy atom. The number of hydrogen-bond donors (Lipinski definition) is 1. The van der Waals surface area contributed by atoms with Crippen LogP contribution >= 0.6 is 15.9 Å². The number of carbonyl (C=O) groups is 2. The molecule has 1 N–H and O–H groups in total. The van der Waals surface area contributed by atoms with Gasteiger partial charge in [0.25, 0.3) is 5.91 Å². The summed E-state index contributed by atoms with van der Waals surface area (Å²) in [6, 6.07) is 19.1. The van der Waals surface area contributed by atoms with Crippen LogP contribution in [0, 0.1) is 17.1 Å². The van der Waals surface area contributed by atoms with Gasteiger partial charge < -0.3 is 14.8 Å². The predicted octanol–water partition coefficient (Wildman–Crippen LogP) is 5.50. The van der Waals surface area contributed by atoms with Crippen LogP contribution in [0.15, 0.2) is 76.8 Å². The molecule has 0 unspecified atom stereocenters. The Kier molecular flexibility index (Phi) is 7.95. The van der Waals surface area contributed by atoms with Crippen molar-refractivity contribution in [2.45, 2.75) is 6.61 Å². The summed E-state index contributed by atoms with van der Waals surface area (Å²) in [6.45, 7) is 0.259. The van der Waals surface area contributed by atoms with E-state index in [1.807, 2.05) is 6.07 Å². The second-order valence-corrected chi connectivity index (χ2v) is 7.65. The Morgan fingerprint density at radius 1 is 1.09 bits per heavy atom. The lowest BCUT2D eigenvalue weighted by Crippen LogP contribution is -2.13. The second-order valence-electron chi connectivity index (χ2n) is 6.80. The fourth-order valence-electron chi connectivity index (χ4n) is 2.79. The molecule has 0 saturated carbocycles. The molecule has 0 aliphatic heterocycles. The van der Waals surface area contributed by atoms with Crippen LogP contribution < -0.4 is 10.1 Å². The van der Waals surface area contributed by atoms with Crippen LogP contribution in [0.25, 0.3) is 6.08 Å². The van der Waals surface area contributed by atoms with Gasteiger partial charge in [0, 0.05) is 5.69 Å². The SMILES string of the molecule is COC(=O)c1ccc(NC(=O)/C(C#N)=C/c2ccc(OCc3ccc(F)cc3)c(Br)c2)cc1. The van der Waals surface area contributed by atoms with E-state index in [4.69, 9.17) is 4.74 Å². The van der Waals surface area contributed by atoms with Crippen molar-refractivity contribution in [3.8, 4) is 11.8 Å². The van der Waals surface area contributed by atoms with E-state index in [1.54, 1.807) is 42.5 Å². The van der Waals surface area contributed by atoms with Crippen LogP contribution in [0.2, 0.25) is 0 Å². The maximum absolute atomic E-state index is 13.0. The zero-order chi connectivity index (χ0) is 23.8. The minimum Gasteiger partial charge on any atom is -0.488 e. The van der Waals surface area contributed by atoms with E-state index in [-0.39, 0.29) is 18.0 Å². The maximum atomic E-state index is 13.0. The number of rotatable bonds is 7. The number of benzene rings is 3. The van der Waals surface area contributed by atoms with Crippen molar-refractivity contribution >= 4 is 39.6 Å². The standard InChI is InChI=1S/C25H18BrFN2O4/c1-32-25(31)18-5-9-21(10-6-18)29-24(30)19(14-28)12-17-4-11-23(22(26)13-17)33-15-16-2-7-20(27)8-3-16/h2-13H,15H2,1H3,(H,29,30)/b19-12+. The largest absolute Gasteiger partial charge is 0.488 e. The molecule has 0 bridgehead atoms. The van der Waals surface area contributed by atoms with Crippen molar-refractivity contribution in [3.63, 3.8) is 0 Å². The van der Waals surface area contributed by atoms with Crippen LogP contribution in [0.3, 0.4) is 0 Å². The van der Waals surface area contributed by atoms with Crippen molar-refractivity contribution in [2.24, 2.45) is 0 Å². The number of nitrogens with one attached hydrogen (secondary N) is 1. The van der Waals surface area contributed by atoms with Gasteiger partial charge in [-0.25, -0.2) is 9.18 Å². The third-order valence-electron chi connectivity index (χ3n) is 4.50. The third kappa shape index (κ3) is 6.51. The van der Waals surface area contributed by atoms with E-state index >= 15 is 0 Å². The van der Waals surface area contributed by atoms with E-state index in [0.717, 1.165) is 5.56 Å². The van der Waals surface area contributed by atoms with Crippen LogP contribution in [0.5, 0.6) is 5.75 Å². The minimum absolute atomic E-state index is 0.0982. The number of halogens is 2. The minimum atomic E-state index is -0.587. The van der Waals surface area contributed by atoms with Gasteiger partial charge in [0.05, 0.1) is 17.1 Å². The average Bonchev–Trinajstić information content (AvgIpc) is 2.83. The summed E-state index contributed by atoms with van der Waals surface area (Å²) in [5.74, 6) is -0.825. The predicted molar refractivity (Wildman–Crippen MR) is 125 cm³/mol. The highest BCUT2D eigenvalue weighted by molar-refractivity contribution is 9.10. The van der Waals surface area contributed by atoms with Gasteiger partial charge in [-0.2, -0.15) is 5.26 Å². The first-order chi connectivity index (χ1) is 15.9. The summed E-state index contributed by atoms with van der Waals surface area (Å²) in [5.41, 5.74) is 2.11. The molecule has 1 amide bonds. The van der Waals surface area contributed by atoms with E-state index in [2.05, 4.69) is 26.0 Å². The third-order valence-corrected chi connectivity index (χ3v) is 5.12. The van der Waals surface area contributed by atoms with Crippen LogP contribution in [0.4, 0.5) is 10.1 Å². The van der Waals surface area contributed by atoms with Crippen molar-refractivity contribution in [1.29, 1.82) is 5.26 Å². The smallest absolute Gasteiger partial charge is 0.337 e. The van der Waals surface area contributed by atoms with Gasteiger partial charge in [0.1, 0.15) is 29.8 Å². The van der Waals surface area contributed by atoms with Gasteiger partial charge in [-0.1, -0.05) is 18.2 Å². The van der Waals surface area contributed by atoms with Crippen LogP contribution in [-0.2, 0) is 16.1 Å². The number of hydrogen-bond acceptors (Lipinski definition) is 5. The quantitative estimate of drug-likeness (QED) is 0.258. The molecule has 0 aliphatic rings. The molecule has 3 rings (SSSR count). The Labute approximate surface area is 198 Å². The normalized spacial score (nSPS) is 10.8. The first kappa shape index (κ1) is 23.7. The monoisotopic (exact) mass is 508 g/mol. The Bertz CT molecular complexity index is 1230. The molecule has 0 fully saturated rings. The Morgan fingerprint density at radius 3 is 2.39 bits per heavy atom. The number of methoxy groups -OCH3 is 1. The molecule has 6 nitrogen and oxygen atoms in total. The fourth-order valence-corrected chi connectivity index (χ4v) is 3.30. The first-order valence-electron chi connectivity index (χ1n) is 9.68. The molecule has 0 heterocycles. The average molecular weight is 509 g/mol. The van der Waals surface area contributed by atoms with Gasteiger partial charge in [0.2, 0.25) is 0 Å². The Balaban J connectivity index is 1.67. The van der Waals surface area contributed by atoms with Gasteiger partial charge in [-0.15, -0.1) is 0 Å². The molecule has 166 valence electrons. The van der Waals surface area contributed by atoms with Gasteiger partial charge >= 0.3 is 5.97 Å². The highest BCUT2D eigenvalue weighted by Gasteiger charge is 2.12. The van der Waals surface area contributed by atoms with E-state index in [0.29, 0.717) is 27.0 Å². The summed E-state index contributed by atoms with van der Waals surface area (Å²) >= 11 is 3.42. The van der Waals surface area contributed by atoms with Crippen molar-refractivity contribution in [2.75, 3.05) is 12.4 Å². The lowest BCUT2D eigenvalue weighted by molar-refractivity contribution is -0.112. The van der Waals surface area contributed by atoms with Crippen LogP contribution in [0.1, 0.15) is 21.5 Å². The van der Waals surface area contributed by atoms with Crippen LogP contribution in [-0.4, -0.2) is 19.0 Å². The number of esters is 1. The zero-order valence-electron chi connectivity index (χ0n) is 17.5. The van der Waals surface area contributed by atoms with Gasteiger partial charge in [-0.3, -0.25) is 4.79 Å². The lowest BCUT2D eigenvalue weighted by Gasteiger charge is -2.09. The summed E-state index contributed by atoms with van der Waals surface area (Å²) in [4.78, 5) is 24.0. The molecule has 0 aromatic heterocycles. The number of ether oxygens (including phenoxy) is 2. The summed E-state index contributed by atoms with van der Waals surface area (Å²) in [7, 11) is 1.28. The maximum Gasteiger partial charge on any atom is 0.337 e. The number of anilines is 1. The van der Waals surface area contributed by atoms with Crippen molar-refractivity contribution in [3.05, 3.63) is 99.3 Å². The molecular weight excluding hydrogens is 491 g/mol. The van der Waals surface area contributed by atoms with Crippen molar-refractivity contribution < 1.29 is 23.5 Å². The summed E-state index contributed by atoms with van der Waals surface area (Å²) in [6.07, 6.45) is 1.45. The van der Waals surface area contributed by atoms with Gasteiger partial charge in [-0.05, 0) is 81.7 Å². The van der Waals surface area contributed by atoms with E-state index in [1.165, 1.54) is 37.5 Å². The molecule has 0 atom stereocenters. The molecule has 33 heavy (non-hydrogen) atoms. The summed E-state index contributed by atoms with van der Waals surface area (Å²) < 4.78 is 24.0. The molecule has 0 saturated heterocycles. The number of amides is 1. The summed E-state index contributed by atoms with van der Waals surface area (Å²) in [5, 5.41) is 12.1. The molecule has 3 aromatic carbocycles. The zero-order valence-corrected chi connectivity index (χ0v) is 19.1.